The summed E-state index contributed by atoms with van der Waals surface area (Å²) in [5, 5.41) is 0. The van der Waals surface area contributed by atoms with Gasteiger partial charge in [-0.2, -0.15) is 0 Å². The Morgan fingerprint density at radius 1 is 1.04 bits per heavy atom. The summed E-state index contributed by atoms with van der Waals surface area (Å²) in [6.07, 6.45) is 3.49. The predicted octanol–water partition coefficient (Wildman–Crippen LogP) is 5.17. The van der Waals surface area contributed by atoms with E-state index >= 15 is 0 Å². The molecule has 0 aromatic carbocycles. The Morgan fingerprint density at radius 2 is 1.58 bits per heavy atom. The molecule has 1 aliphatic heterocycles. The summed E-state index contributed by atoms with van der Waals surface area (Å²) < 4.78 is 11.9. The van der Waals surface area contributed by atoms with Crippen LogP contribution in [0.5, 0.6) is 0 Å². The molecule has 0 bridgehead atoms. The number of hydrogen-bond donors (Lipinski definition) is 0. The van der Waals surface area contributed by atoms with Crippen LogP contribution in [0, 0.1) is 11.3 Å². The van der Waals surface area contributed by atoms with Crippen molar-refractivity contribution in [2.75, 3.05) is 13.1 Å². The molecule has 26 heavy (non-hydrogen) atoms. The lowest BCUT2D eigenvalue weighted by molar-refractivity contribution is -0.174. The maximum atomic E-state index is 12.8. The molecule has 1 aliphatic rings. The van der Waals surface area contributed by atoms with Gasteiger partial charge in [0.1, 0.15) is 11.2 Å². The molecule has 1 rings (SSSR count). The Bertz CT molecular complexity index is 488. The number of amides is 1. The van der Waals surface area contributed by atoms with Crippen molar-refractivity contribution in [1.29, 1.82) is 0 Å². The monoisotopic (exact) mass is 369 g/mol. The Kier molecular flexibility index (Phi) is 7.55. The molecular weight excluding hydrogens is 330 g/mol. The fourth-order valence-electron chi connectivity index (χ4n) is 3.32. The Labute approximate surface area is 159 Å². The lowest BCUT2D eigenvalue weighted by Crippen LogP contribution is -2.47. The molecule has 1 atom stereocenters. The highest BCUT2D eigenvalue weighted by Gasteiger charge is 2.48. The van der Waals surface area contributed by atoms with Gasteiger partial charge in [-0.05, 0) is 45.4 Å². The number of rotatable bonds is 8. The van der Waals surface area contributed by atoms with Crippen molar-refractivity contribution in [3.8, 4) is 0 Å². The fraction of sp³-hybridized carbons (Fsp3) is 0.905. The van der Waals surface area contributed by atoms with Gasteiger partial charge in [0.05, 0.1) is 12.0 Å². The van der Waals surface area contributed by atoms with Crippen molar-refractivity contribution in [3.05, 3.63) is 0 Å². The van der Waals surface area contributed by atoms with Gasteiger partial charge < -0.3 is 14.4 Å². The second-order valence-electron chi connectivity index (χ2n) is 8.63. The highest BCUT2D eigenvalue weighted by Crippen LogP contribution is 2.37. The summed E-state index contributed by atoms with van der Waals surface area (Å²) in [6.45, 7) is 17.0. The molecule has 1 fully saturated rings. The van der Waals surface area contributed by atoms with Crippen LogP contribution >= 0.6 is 0 Å². The number of ether oxygens (including phenoxy) is 2. The summed E-state index contributed by atoms with van der Waals surface area (Å²) >= 11 is 0. The van der Waals surface area contributed by atoms with Gasteiger partial charge in [-0.15, -0.1) is 0 Å². The van der Waals surface area contributed by atoms with E-state index in [0.717, 1.165) is 25.7 Å². The second-order valence-corrected chi connectivity index (χ2v) is 8.63. The first kappa shape index (κ1) is 22.8. The first-order chi connectivity index (χ1) is 12.0. The van der Waals surface area contributed by atoms with Crippen LogP contribution in [0.15, 0.2) is 0 Å². The SMILES string of the molecule is CCC(CC)(CC)OC(=O)N1CCC(OC(=O)C(C)(C)CC)(C(C)C)C1. The summed E-state index contributed by atoms with van der Waals surface area (Å²) in [6, 6.07) is 0. The van der Waals surface area contributed by atoms with Crippen molar-refractivity contribution in [1.82, 2.24) is 4.90 Å². The van der Waals surface area contributed by atoms with Crippen molar-refractivity contribution >= 4 is 12.1 Å². The maximum Gasteiger partial charge on any atom is 0.410 e. The van der Waals surface area contributed by atoms with E-state index in [4.69, 9.17) is 9.47 Å². The minimum Gasteiger partial charge on any atom is -0.456 e. The van der Waals surface area contributed by atoms with E-state index in [-0.39, 0.29) is 18.0 Å². The van der Waals surface area contributed by atoms with Gasteiger partial charge in [0.2, 0.25) is 0 Å². The van der Waals surface area contributed by atoms with Crippen LogP contribution in [0.1, 0.15) is 87.5 Å². The number of nitrogens with zero attached hydrogens (tertiary/aromatic N) is 1. The average Bonchev–Trinajstić information content (AvgIpc) is 3.05. The Balaban J connectivity index is 2.90. The fourth-order valence-corrected chi connectivity index (χ4v) is 3.32. The van der Waals surface area contributed by atoms with Crippen molar-refractivity contribution < 1.29 is 19.1 Å². The standard InChI is InChI=1S/C21H39NO4/c1-9-19(7,8)17(23)25-21(16(5)6)13-14-22(15-21)18(24)26-20(10-2,11-3)12-4/h16H,9-15H2,1-8H3. The third kappa shape index (κ3) is 4.72. The van der Waals surface area contributed by atoms with E-state index in [1.54, 1.807) is 4.90 Å². The molecular formula is C21H39NO4. The summed E-state index contributed by atoms with van der Waals surface area (Å²) in [5.74, 6) is -0.0564. The van der Waals surface area contributed by atoms with Gasteiger partial charge in [-0.25, -0.2) is 4.79 Å². The second kappa shape index (κ2) is 8.62. The van der Waals surface area contributed by atoms with E-state index in [1.165, 1.54) is 0 Å². The maximum absolute atomic E-state index is 12.8. The predicted molar refractivity (Wildman–Crippen MR) is 104 cm³/mol. The number of carbonyl (C=O) groups excluding carboxylic acids is 2. The van der Waals surface area contributed by atoms with E-state index in [2.05, 4.69) is 34.6 Å². The molecule has 0 radical (unpaired) electrons. The minimum atomic E-state index is -0.629. The highest BCUT2D eigenvalue weighted by molar-refractivity contribution is 5.76. The van der Waals surface area contributed by atoms with Gasteiger partial charge in [0, 0.05) is 13.0 Å². The first-order valence-corrected chi connectivity index (χ1v) is 10.2. The van der Waals surface area contributed by atoms with Gasteiger partial charge in [0.15, 0.2) is 0 Å². The molecule has 0 aromatic heterocycles. The largest absolute Gasteiger partial charge is 0.456 e. The molecule has 5 heteroatoms. The molecule has 5 nitrogen and oxygen atoms in total. The molecule has 1 heterocycles. The molecule has 1 amide bonds. The topological polar surface area (TPSA) is 55.8 Å². The van der Waals surface area contributed by atoms with Crippen molar-refractivity contribution in [2.24, 2.45) is 11.3 Å². The molecule has 0 aliphatic carbocycles. The first-order valence-electron chi connectivity index (χ1n) is 10.2. The third-order valence-electron chi connectivity index (χ3n) is 6.54. The van der Waals surface area contributed by atoms with Crippen molar-refractivity contribution in [2.45, 2.75) is 98.7 Å². The minimum absolute atomic E-state index is 0.130. The van der Waals surface area contributed by atoms with Crippen LogP contribution in [-0.2, 0) is 14.3 Å². The lowest BCUT2D eigenvalue weighted by atomic mass is 9.86. The zero-order valence-electron chi connectivity index (χ0n) is 18.1. The summed E-state index contributed by atoms with van der Waals surface area (Å²) in [5.41, 5.74) is -1.55. The summed E-state index contributed by atoms with van der Waals surface area (Å²) in [4.78, 5) is 27.1. The van der Waals surface area contributed by atoms with Crippen LogP contribution in [0.25, 0.3) is 0 Å². The number of esters is 1. The van der Waals surface area contributed by atoms with Gasteiger partial charge in [0.25, 0.3) is 0 Å². The molecule has 152 valence electrons. The van der Waals surface area contributed by atoms with Gasteiger partial charge in [-0.1, -0.05) is 41.5 Å². The van der Waals surface area contributed by atoms with Crippen LogP contribution in [-0.4, -0.2) is 41.3 Å². The third-order valence-corrected chi connectivity index (χ3v) is 6.54. The van der Waals surface area contributed by atoms with E-state index in [0.29, 0.717) is 19.5 Å². The number of hydrogen-bond acceptors (Lipinski definition) is 4. The average molecular weight is 370 g/mol. The Morgan fingerprint density at radius 3 is 2.00 bits per heavy atom. The van der Waals surface area contributed by atoms with Crippen LogP contribution in [0.3, 0.4) is 0 Å². The van der Waals surface area contributed by atoms with Gasteiger partial charge >= 0.3 is 12.1 Å². The van der Waals surface area contributed by atoms with Crippen LogP contribution in [0.2, 0.25) is 0 Å². The zero-order valence-corrected chi connectivity index (χ0v) is 18.1. The van der Waals surface area contributed by atoms with Gasteiger partial charge in [-0.3, -0.25) is 4.79 Å². The Hall–Kier alpha value is -1.26. The summed E-state index contributed by atoms with van der Waals surface area (Å²) in [7, 11) is 0. The molecule has 0 spiro atoms. The molecule has 0 N–H and O–H groups in total. The molecule has 0 saturated carbocycles. The molecule has 1 unspecified atom stereocenters. The van der Waals surface area contributed by atoms with Crippen LogP contribution in [0.4, 0.5) is 4.79 Å². The highest BCUT2D eigenvalue weighted by atomic mass is 16.6. The van der Waals surface area contributed by atoms with Crippen molar-refractivity contribution in [3.63, 3.8) is 0 Å². The van der Waals surface area contributed by atoms with E-state index in [9.17, 15) is 9.59 Å². The number of carbonyl (C=O) groups is 2. The van der Waals surface area contributed by atoms with E-state index < -0.39 is 16.6 Å². The smallest absolute Gasteiger partial charge is 0.410 e. The normalized spacial score (nSPS) is 21.2. The lowest BCUT2D eigenvalue weighted by Gasteiger charge is -2.37. The quantitative estimate of drug-likeness (QED) is 0.554. The molecule has 1 saturated heterocycles. The van der Waals surface area contributed by atoms with Crippen LogP contribution < -0.4 is 0 Å². The molecule has 0 aromatic rings. The van der Waals surface area contributed by atoms with E-state index in [1.807, 2.05) is 20.8 Å². The number of likely N-dealkylation sites (tertiary alicyclic amines) is 1. The zero-order chi connectivity index (χ0) is 20.2.